The van der Waals surface area contributed by atoms with Gasteiger partial charge in [-0.1, -0.05) is 24.3 Å². The molecule has 2 rings (SSSR count). The van der Waals surface area contributed by atoms with Crippen LogP contribution in [-0.4, -0.2) is 69.2 Å². The van der Waals surface area contributed by atoms with Crippen LogP contribution >= 0.6 is 0 Å². The Kier molecular flexibility index (Phi) is 6.38. The Morgan fingerprint density at radius 3 is 2.38 bits per heavy atom. The normalized spacial score (nSPS) is 18.6. The molecular weight excluding hydrogens is 302 g/mol. The molecule has 0 aliphatic carbocycles. The molecule has 0 radical (unpaired) electrons. The van der Waals surface area contributed by atoms with Gasteiger partial charge in [-0.15, -0.1) is 0 Å². The first-order valence-electron chi connectivity index (χ1n) is 8.62. The molecule has 5 nitrogen and oxygen atoms in total. The van der Waals surface area contributed by atoms with Gasteiger partial charge in [0.25, 0.3) is 0 Å². The fraction of sp³-hybridized carbons (Fsp3) is 0.632. The Labute approximate surface area is 146 Å². The van der Waals surface area contributed by atoms with E-state index in [1.807, 2.05) is 37.2 Å². The first-order chi connectivity index (χ1) is 11.4. The number of hydrogen-bond acceptors (Lipinski definition) is 4. The zero-order valence-corrected chi connectivity index (χ0v) is 15.6. The summed E-state index contributed by atoms with van der Waals surface area (Å²) in [6, 6.07) is 7.82. The van der Waals surface area contributed by atoms with Gasteiger partial charge >= 0.3 is 0 Å². The van der Waals surface area contributed by atoms with Gasteiger partial charge in [0.2, 0.25) is 5.91 Å². The molecule has 1 amide bonds. The number of ether oxygens (including phenoxy) is 1. The molecule has 1 aliphatic heterocycles. The predicted octanol–water partition coefficient (Wildman–Crippen LogP) is 1.82. The van der Waals surface area contributed by atoms with Crippen LogP contribution in [0.5, 0.6) is 0 Å². The van der Waals surface area contributed by atoms with E-state index in [1.54, 1.807) is 0 Å². The third-order valence-corrected chi connectivity index (χ3v) is 5.21. The van der Waals surface area contributed by atoms with Crippen LogP contribution in [0.25, 0.3) is 0 Å². The van der Waals surface area contributed by atoms with Crippen molar-refractivity contribution in [3.63, 3.8) is 0 Å². The van der Waals surface area contributed by atoms with Crippen LogP contribution in [0.15, 0.2) is 24.3 Å². The predicted molar refractivity (Wildman–Crippen MR) is 97.1 cm³/mol. The average Bonchev–Trinajstić information content (AvgIpc) is 2.55. The standard InChI is InChI=1S/C19H31N3O2/c1-15-8-6-7-9-16(15)17(21(2)3)18(23)20-14-19(22(4)5)10-12-24-13-11-19/h6-9,17H,10-14H2,1-5H3,(H,20,23)/t17-/m0/s1. The first kappa shape index (κ1) is 18.9. The van der Waals surface area contributed by atoms with Crippen molar-refractivity contribution in [2.75, 3.05) is 47.9 Å². The summed E-state index contributed by atoms with van der Waals surface area (Å²) in [5.41, 5.74) is 2.18. The van der Waals surface area contributed by atoms with Crippen LogP contribution in [0.3, 0.4) is 0 Å². The fourth-order valence-electron chi connectivity index (χ4n) is 3.43. The molecule has 1 aliphatic rings. The smallest absolute Gasteiger partial charge is 0.242 e. The first-order valence-corrected chi connectivity index (χ1v) is 8.62. The second kappa shape index (κ2) is 8.10. The van der Waals surface area contributed by atoms with E-state index in [9.17, 15) is 4.79 Å². The van der Waals surface area contributed by atoms with Crippen LogP contribution in [0.1, 0.15) is 30.0 Å². The van der Waals surface area contributed by atoms with Crippen molar-refractivity contribution in [2.24, 2.45) is 0 Å². The van der Waals surface area contributed by atoms with E-state index in [-0.39, 0.29) is 17.5 Å². The van der Waals surface area contributed by atoms with Crippen LogP contribution in [-0.2, 0) is 9.53 Å². The molecule has 0 unspecified atom stereocenters. The van der Waals surface area contributed by atoms with Gasteiger partial charge in [-0.25, -0.2) is 0 Å². The van der Waals surface area contributed by atoms with Gasteiger partial charge in [0.1, 0.15) is 6.04 Å². The summed E-state index contributed by atoms with van der Waals surface area (Å²) in [6.45, 7) is 4.21. The zero-order valence-electron chi connectivity index (χ0n) is 15.6. The van der Waals surface area contributed by atoms with Gasteiger partial charge < -0.3 is 15.0 Å². The minimum atomic E-state index is -0.273. The molecule has 1 saturated heterocycles. The van der Waals surface area contributed by atoms with E-state index in [0.717, 1.165) is 37.2 Å². The van der Waals surface area contributed by atoms with Crippen molar-refractivity contribution in [3.8, 4) is 0 Å². The maximum Gasteiger partial charge on any atom is 0.242 e. The molecule has 0 saturated carbocycles. The van der Waals surface area contributed by atoms with Gasteiger partial charge in [0.15, 0.2) is 0 Å². The van der Waals surface area contributed by atoms with Gasteiger partial charge in [-0.05, 0) is 59.1 Å². The summed E-state index contributed by atoms with van der Waals surface area (Å²) in [5, 5.41) is 3.20. The SMILES string of the molecule is Cc1ccccc1[C@@H](C(=O)NCC1(N(C)C)CCOCC1)N(C)C. The van der Waals surface area contributed by atoms with Crippen LogP contribution in [0, 0.1) is 6.92 Å². The minimum absolute atomic E-state index is 0.0174. The molecule has 1 heterocycles. The molecule has 1 atom stereocenters. The average molecular weight is 333 g/mol. The van der Waals surface area contributed by atoms with Crippen molar-refractivity contribution in [1.82, 2.24) is 15.1 Å². The number of aryl methyl sites for hydroxylation is 1. The van der Waals surface area contributed by atoms with E-state index in [4.69, 9.17) is 4.74 Å². The molecule has 1 aromatic rings. The quantitative estimate of drug-likeness (QED) is 0.863. The lowest BCUT2D eigenvalue weighted by Gasteiger charge is -2.43. The van der Waals surface area contributed by atoms with Gasteiger partial charge in [0, 0.05) is 25.3 Å². The van der Waals surface area contributed by atoms with Crippen molar-refractivity contribution >= 4 is 5.91 Å². The van der Waals surface area contributed by atoms with Crippen molar-refractivity contribution in [1.29, 1.82) is 0 Å². The third kappa shape index (κ3) is 4.15. The van der Waals surface area contributed by atoms with Crippen LogP contribution in [0.2, 0.25) is 0 Å². The maximum absolute atomic E-state index is 12.9. The molecule has 1 N–H and O–H groups in total. The lowest BCUT2D eigenvalue weighted by molar-refractivity contribution is -0.127. The van der Waals surface area contributed by atoms with E-state index in [0.29, 0.717) is 6.54 Å². The molecule has 1 fully saturated rings. The highest BCUT2D eigenvalue weighted by Crippen LogP contribution is 2.26. The highest BCUT2D eigenvalue weighted by atomic mass is 16.5. The van der Waals surface area contributed by atoms with Crippen molar-refractivity contribution in [3.05, 3.63) is 35.4 Å². The Hall–Kier alpha value is -1.43. The Balaban J connectivity index is 2.12. The molecule has 5 heteroatoms. The number of carbonyl (C=O) groups is 1. The largest absolute Gasteiger partial charge is 0.381 e. The van der Waals surface area contributed by atoms with E-state index >= 15 is 0 Å². The Bertz CT molecular complexity index is 551. The third-order valence-electron chi connectivity index (χ3n) is 5.21. The summed E-state index contributed by atoms with van der Waals surface area (Å²) in [4.78, 5) is 17.1. The summed E-state index contributed by atoms with van der Waals surface area (Å²) >= 11 is 0. The number of nitrogens with one attached hydrogen (secondary N) is 1. The number of likely N-dealkylation sites (N-methyl/N-ethyl adjacent to an activating group) is 2. The number of benzene rings is 1. The second-order valence-electron chi connectivity index (χ2n) is 7.17. The van der Waals surface area contributed by atoms with E-state index in [1.165, 1.54) is 0 Å². The highest BCUT2D eigenvalue weighted by Gasteiger charge is 2.36. The zero-order chi connectivity index (χ0) is 17.7. The minimum Gasteiger partial charge on any atom is -0.381 e. The number of amides is 1. The topological polar surface area (TPSA) is 44.8 Å². The molecular formula is C19H31N3O2. The van der Waals surface area contributed by atoms with Crippen LogP contribution < -0.4 is 5.32 Å². The Morgan fingerprint density at radius 2 is 1.83 bits per heavy atom. The number of rotatable bonds is 6. The lowest BCUT2D eigenvalue weighted by atomic mass is 9.88. The van der Waals surface area contributed by atoms with Gasteiger partial charge in [-0.2, -0.15) is 0 Å². The van der Waals surface area contributed by atoms with E-state index in [2.05, 4.69) is 37.3 Å². The maximum atomic E-state index is 12.9. The second-order valence-corrected chi connectivity index (χ2v) is 7.17. The number of carbonyl (C=O) groups excluding carboxylic acids is 1. The highest BCUT2D eigenvalue weighted by molar-refractivity contribution is 5.83. The summed E-state index contributed by atoms with van der Waals surface area (Å²) < 4.78 is 5.50. The molecule has 0 aromatic heterocycles. The number of hydrogen-bond donors (Lipinski definition) is 1. The van der Waals surface area contributed by atoms with Crippen LogP contribution in [0.4, 0.5) is 0 Å². The van der Waals surface area contributed by atoms with E-state index < -0.39 is 0 Å². The lowest BCUT2D eigenvalue weighted by Crippen LogP contribution is -2.56. The fourth-order valence-corrected chi connectivity index (χ4v) is 3.43. The van der Waals surface area contributed by atoms with Gasteiger partial charge in [-0.3, -0.25) is 9.69 Å². The molecule has 134 valence electrons. The summed E-state index contributed by atoms with van der Waals surface area (Å²) in [5.74, 6) is 0.0574. The van der Waals surface area contributed by atoms with Gasteiger partial charge in [0.05, 0.1) is 0 Å². The molecule has 24 heavy (non-hydrogen) atoms. The Morgan fingerprint density at radius 1 is 1.21 bits per heavy atom. The number of nitrogens with zero attached hydrogens (tertiary/aromatic N) is 2. The summed E-state index contributed by atoms with van der Waals surface area (Å²) in [7, 11) is 8.07. The van der Waals surface area contributed by atoms with Crippen molar-refractivity contribution in [2.45, 2.75) is 31.3 Å². The molecule has 0 bridgehead atoms. The molecule has 0 spiro atoms. The molecule has 1 aromatic carbocycles. The summed E-state index contributed by atoms with van der Waals surface area (Å²) in [6.07, 6.45) is 1.88. The monoisotopic (exact) mass is 333 g/mol. The van der Waals surface area contributed by atoms with Crippen molar-refractivity contribution < 1.29 is 9.53 Å².